The summed E-state index contributed by atoms with van der Waals surface area (Å²) >= 11 is 0. The van der Waals surface area contributed by atoms with Crippen LogP contribution < -0.4 is 10.1 Å². The minimum atomic E-state index is -0.250. The van der Waals surface area contributed by atoms with Crippen LogP contribution in [0.1, 0.15) is 35.0 Å². The van der Waals surface area contributed by atoms with Crippen molar-refractivity contribution >= 4 is 17.4 Å². The fourth-order valence-corrected chi connectivity index (χ4v) is 3.92. The Labute approximate surface area is 171 Å². The number of aromatic nitrogens is 6. The number of carbonyl (C=O) groups excluding carboxylic acids is 1. The maximum atomic E-state index is 12.6. The lowest BCUT2D eigenvalue weighted by atomic mass is 9.85. The van der Waals surface area contributed by atoms with Crippen molar-refractivity contribution in [2.24, 2.45) is 0 Å². The second-order valence-corrected chi connectivity index (χ2v) is 7.20. The molecule has 0 unspecified atom stereocenters. The molecule has 1 aliphatic heterocycles. The first-order valence-corrected chi connectivity index (χ1v) is 9.42. The fraction of sp³-hybridized carbons (Fsp3) is 0.250. The SMILES string of the molecule is COc1ccc([C@H]2CC(=O)Nc3c2c(C)nn3-c2ccc3nnc(C)n3n2)cc1O. The van der Waals surface area contributed by atoms with Crippen molar-refractivity contribution in [2.75, 3.05) is 12.4 Å². The quantitative estimate of drug-likeness (QED) is 0.536. The summed E-state index contributed by atoms with van der Waals surface area (Å²) in [5.74, 6) is 1.79. The molecule has 4 aromatic rings. The van der Waals surface area contributed by atoms with Crippen molar-refractivity contribution in [1.82, 2.24) is 29.6 Å². The van der Waals surface area contributed by atoms with E-state index in [-0.39, 0.29) is 24.0 Å². The van der Waals surface area contributed by atoms with Crippen LogP contribution in [0.25, 0.3) is 11.5 Å². The summed E-state index contributed by atoms with van der Waals surface area (Å²) in [7, 11) is 1.50. The van der Waals surface area contributed by atoms with Crippen LogP contribution in [0.3, 0.4) is 0 Å². The monoisotopic (exact) mass is 405 g/mol. The number of aryl methyl sites for hydroxylation is 2. The minimum Gasteiger partial charge on any atom is -0.504 e. The summed E-state index contributed by atoms with van der Waals surface area (Å²) in [6.07, 6.45) is 0.252. The molecule has 30 heavy (non-hydrogen) atoms. The molecule has 10 heteroatoms. The van der Waals surface area contributed by atoms with Crippen LogP contribution in [0, 0.1) is 13.8 Å². The lowest BCUT2D eigenvalue weighted by Crippen LogP contribution is -2.25. The van der Waals surface area contributed by atoms with Crippen LogP contribution >= 0.6 is 0 Å². The van der Waals surface area contributed by atoms with Crippen LogP contribution in [-0.4, -0.2) is 47.7 Å². The van der Waals surface area contributed by atoms with E-state index in [1.807, 2.05) is 19.9 Å². The van der Waals surface area contributed by atoms with Gasteiger partial charge in [0.1, 0.15) is 5.82 Å². The summed E-state index contributed by atoms with van der Waals surface area (Å²) in [5.41, 5.74) is 3.10. The number of nitrogens with one attached hydrogen (secondary N) is 1. The van der Waals surface area contributed by atoms with Gasteiger partial charge in [0.25, 0.3) is 0 Å². The Morgan fingerprint density at radius 1 is 1.17 bits per heavy atom. The van der Waals surface area contributed by atoms with Crippen molar-refractivity contribution in [2.45, 2.75) is 26.2 Å². The van der Waals surface area contributed by atoms with Gasteiger partial charge in [-0.25, -0.2) is 0 Å². The normalized spacial score (nSPS) is 15.8. The molecular formula is C20H19N7O3. The highest BCUT2D eigenvalue weighted by Crippen LogP contribution is 2.42. The van der Waals surface area contributed by atoms with Crippen LogP contribution in [0.2, 0.25) is 0 Å². The Bertz CT molecular complexity index is 1310. The molecule has 3 aromatic heterocycles. The molecule has 4 heterocycles. The standard InChI is InChI=1S/C20H19N7O3/c1-10-19-13(12-4-5-15(30-3)14(28)8-12)9-18(29)21-20(19)27(24-10)17-7-6-16-23-22-11(2)26(16)25-17/h4-8,13,28H,9H2,1-3H3,(H,21,29)/t13-/m1/s1. The predicted molar refractivity (Wildman–Crippen MR) is 107 cm³/mol. The molecule has 2 N–H and O–H groups in total. The second-order valence-electron chi connectivity index (χ2n) is 7.20. The molecule has 0 bridgehead atoms. The third-order valence-corrected chi connectivity index (χ3v) is 5.33. The number of anilines is 1. The van der Waals surface area contributed by atoms with Crippen molar-refractivity contribution in [3.63, 3.8) is 0 Å². The summed E-state index contributed by atoms with van der Waals surface area (Å²) in [6.45, 7) is 3.71. The molecule has 1 amide bonds. The van der Waals surface area contributed by atoms with Gasteiger partial charge in [-0.3, -0.25) is 4.79 Å². The van der Waals surface area contributed by atoms with Crippen molar-refractivity contribution in [1.29, 1.82) is 0 Å². The van der Waals surface area contributed by atoms with Gasteiger partial charge in [-0.15, -0.1) is 15.3 Å². The van der Waals surface area contributed by atoms with Gasteiger partial charge in [-0.2, -0.15) is 14.3 Å². The molecular weight excluding hydrogens is 386 g/mol. The zero-order valence-corrected chi connectivity index (χ0v) is 16.6. The van der Waals surface area contributed by atoms with Crippen LogP contribution in [0.15, 0.2) is 30.3 Å². The lowest BCUT2D eigenvalue weighted by Gasteiger charge is -2.24. The maximum Gasteiger partial charge on any atom is 0.226 e. The third-order valence-electron chi connectivity index (χ3n) is 5.33. The minimum absolute atomic E-state index is 0.0303. The van der Waals surface area contributed by atoms with Gasteiger partial charge in [0.05, 0.1) is 12.8 Å². The van der Waals surface area contributed by atoms with Gasteiger partial charge in [-0.1, -0.05) is 6.07 Å². The van der Waals surface area contributed by atoms with E-state index in [1.54, 1.807) is 33.5 Å². The Hall–Kier alpha value is -3.95. The Morgan fingerprint density at radius 2 is 2.00 bits per heavy atom. The number of amides is 1. The van der Waals surface area contributed by atoms with Gasteiger partial charge in [0.15, 0.2) is 28.8 Å². The smallest absolute Gasteiger partial charge is 0.226 e. The number of methoxy groups -OCH3 is 1. The molecule has 1 aliphatic rings. The number of carbonyl (C=O) groups is 1. The first-order valence-electron chi connectivity index (χ1n) is 9.42. The van der Waals surface area contributed by atoms with Gasteiger partial charge < -0.3 is 15.2 Å². The molecule has 0 fully saturated rings. The molecule has 0 aliphatic carbocycles. The first-order chi connectivity index (χ1) is 14.5. The first kappa shape index (κ1) is 18.1. The van der Waals surface area contributed by atoms with Gasteiger partial charge in [-0.05, 0) is 43.7 Å². The summed E-state index contributed by atoms with van der Waals surface area (Å²) in [6, 6.07) is 8.77. The largest absolute Gasteiger partial charge is 0.504 e. The Morgan fingerprint density at radius 3 is 2.77 bits per heavy atom. The molecule has 1 atom stereocenters. The fourth-order valence-electron chi connectivity index (χ4n) is 3.92. The average Bonchev–Trinajstić information content (AvgIpc) is 3.27. The van der Waals surface area contributed by atoms with E-state index in [0.717, 1.165) is 16.8 Å². The predicted octanol–water partition coefficient (Wildman–Crippen LogP) is 2.12. The molecule has 0 saturated carbocycles. The van der Waals surface area contributed by atoms with E-state index in [9.17, 15) is 9.90 Å². The number of aromatic hydroxyl groups is 1. The number of hydrogen-bond donors (Lipinski definition) is 2. The summed E-state index contributed by atoms with van der Waals surface area (Å²) in [5, 5.41) is 30.5. The molecule has 0 saturated heterocycles. The molecule has 10 nitrogen and oxygen atoms in total. The zero-order chi connectivity index (χ0) is 21.0. The molecule has 5 rings (SSSR count). The van der Waals surface area contributed by atoms with E-state index in [4.69, 9.17) is 4.74 Å². The summed E-state index contributed by atoms with van der Waals surface area (Å²) in [4.78, 5) is 12.6. The number of phenols is 1. The Balaban J connectivity index is 1.66. The highest BCUT2D eigenvalue weighted by atomic mass is 16.5. The molecule has 152 valence electrons. The number of fused-ring (bicyclic) bond motifs is 2. The number of nitrogens with zero attached hydrogens (tertiary/aromatic N) is 6. The van der Waals surface area contributed by atoms with E-state index in [0.29, 0.717) is 28.9 Å². The van der Waals surface area contributed by atoms with Crippen molar-refractivity contribution < 1.29 is 14.6 Å². The van der Waals surface area contributed by atoms with E-state index in [2.05, 4.69) is 25.7 Å². The second kappa shape index (κ2) is 6.55. The zero-order valence-electron chi connectivity index (χ0n) is 16.6. The maximum absolute atomic E-state index is 12.6. The highest BCUT2D eigenvalue weighted by Gasteiger charge is 2.33. The van der Waals surface area contributed by atoms with Gasteiger partial charge >= 0.3 is 0 Å². The number of ether oxygens (including phenoxy) is 1. The number of hydrogen-bond acceptors (Lipinski definition) is 7. The van der Waals surface area contributed by atoms with Gasteiger partial charge in [0, 0.05) is 17.9 Å². The molecule has 0 spiro atoms. The van der Waals surface area contributed by atoms with Crippen molar-refractivity contribution in [3.8, 4) is 17.3 Å². The van der Waals surface area contributed by atoms with Crippen LogP contribution in [-0.2, 0) is 4.79 Å². The van der Waals surface area contributed by atoms with E-state index in [1.165, 1.54) is 7.11 Å². The number of rotatable bonds is 3. The van der Waals surface area contributed by atoms with Crippen LogP contribution in [0.5, 0.6) is 11.5 Å². The summed E-state index contributed by atoms with van der Waals surface area (Å²) < 4.78 is 8.38. The van der Waals surface area contributed by atoms with Gasteiger partial charge in [0.2, 0.25) is 5.91 Å². The highest BCUT2D eigenvalue weighted by molar-refractivity contribution is 5.95. The van der Waals surface area contributed by atoms with Crippen molar-refractivity contribution in [3.05, 3.63) is 53.0 Å². The van der Waals surface area contributed by atoms with E-state index < -0.39 is 0 Å². The van der Waals surface area contributed by atoms with E-state index >= 15 is 0 Å². The lowest BCUT2D eigenvalue weighted by molar-refractivity contribution is -0.116. The average molecular weight is 405 g/mol. The molecule has 1 aromatic carbocycles. The number of benzene rings is 1. The number of phenolic OH excluding ortho intramolecular Hbond substituents is 1. The molecule has 0 radical (unpaired) electrons. The Kier molecular flexibility index (Phi) is 3.95. The third kappa shape index (κ3) is 2.68. The topological polar surface area (TPSA) is 119 Å². The van der Waals surface area contributed by atoms with Crippen LogP contribution in [0.4, 0.5) is 5.82 Å².